The van der Waals surface area contributed by atoms with Crippen molar-refractivity contribution in [2.75, 3.05) is 17.1 Å². The number of benzene rings is 1. The summed E-state index contributed by atoms with van der Waals surface area (Å²) in [6, 6.07) is 8.34. The van der Waals surface area contributed by atoms with E-state index in [0.29, 0.717) is 5.69 Å². The molecule has 2 N–H and O–H groups in total. The lowest BCUT2D eigenvalue weighted by Crippen LogP contribution is -2.36. The predicted octanol–water partition coefficient (Wildman–Crippen LogP) is -0.0420. The van der Waals surface area contributed by atoms with E-state index in [1.807, 2.05) is 0 Å². The van der Waals surface area contributed by atoms with Crippen LogP contribution < -0.4 is 9.79 Å². The quantitative estimate of drug-likeness (QED) is 0.574. The van der Waals surface area contributed by atoms with E-state index in [4.69, 9.17) is 5.21 Å². The molecule has 0 atom stereocenters. The number of nitrogens with one attached hydrogen (secondary N) is 1. The number of carbonyl (C=O) groups excluding carboxylic acids is 1. The Labute approximate surface area is 93.5 Å². The number of anilines is 1. The van der Waals surface area contributed by atoms with Crippen LogP contribution in [0.5, 0.6) is 0 Å². The first kappa shape index (κ1) is 12.5. The molecule has 0 aliphatic carbocycles. The molecule has 7 heteroatoms. The van der Waals surface area contributed by atoms with Gasteiger partial charge >= 0.3 is 0 Å². The molecule has 0 aliphatic heterocycles. The SMILES string of the molecule is CN(c1ccccc1)S(=O)(=O)CC(=O)NO. The largest absolute Gasteiger partial charge is 0.289 e. The first-order chi connectivity index (χ1) is 7.47. The second kappa shape index (κ2) is 4.95. The van der Waals surface area contributed by atoms with Crippen molar-refractivity contribution in [1.82, 2.24) is 5.48 Å². The van der Waals surface area contributed by atoms with Gasteiger partial charge in [0.05, 0.1) is 5.69 Å². The number of hydrogen-bond donors (Lipinski definition) is 2. The number of sulfonamides is 1. The van der Waals surface area contributed by atoms with Crippen molar-refractivity contribution in [3.63, 3.8) is 0 Å². The summed E-state index contributed by atoms with van der Waals surface area (Å²) in [5, 5.41) is 8.27. The van der Waals surface area contributed by atoms with Crippen LogP contribution >= 0.6 is 0 Å². The molecule has 0 unspecified atom stereocenters. The Kier molecular flexibility index (Phi) is 3.86. The van der Waals surface area contributed by atoms with Gasteiger partial charge in [0.15, 0.2) is 5.75 Å². The van der Waals surface area contributed by atoms with Gasteiger partial charge in [-0.05, 0) is 12.1 Å². The topological polar surface area (TPSA) is 86.7 Å². The molecule has 1 aromatic rings. The monoisotopic (exact) mass is 244 g/mol. The number of carbonyl (C=O) groups is 1. The van der Waals surface area contributed by atoms with Gasteiger partial charge in [-0.15, -0.1) is 0 Å². The number of nitrogens with zero attached hydrogens (tertiary/aromatic N) is 1. The minimum absolute atomic E-state index is 0.452. The Morgan fingerprint density at radius 3 is 2.44 bits per heavy atom. The highest BCUT2D eigenvalue weighted by Gasteiger charge is 2.21. The van der Waals surface area contributed by atoms with Crippen molar-refractivity contribution in [1.29, 1.82) is 0 Å². The van der Waals surface area contributed by atoms with Gasteiger partial charge in [0.2, 0.25) is 10.0 Å². The smallest absolute Gasteiger partial charge is 0.260 e. The summed E-state index contributed by atoms with van der Waals surface area (Å²) in [5.41, 5.74) is 1.73. The normalized spacial score (nSPS) is 10.9. The van der Waals surface area contributed by atoms with Crippen LogP contribution in [0.3, 0.4) is 0 Å². The van der Waals surface area contributed by atoms with Crippen molar-refractivity contribution < 1.29 is 18.4 Å². The van der Waals surface area contributed by atoms with Crippen LogP contribution in [0.15, 0.2) is 30.3 Å². The van der Waals surface area contributed by atoms with Gasteiger partial charge < -0.3 is 0 Å². The fourth-order valence-corrected chi connectivity index (χ4v) is 2.13. The summed E-state index contributed by atoms with van der Waals surface area (Å²) in [5.74, 6) is -1.77. The summed E-state index contributed by atoms with van der Waals surface area (Å²) in [6.45, 7) is 0. The van der Waals surface area contributed by atoms with E-state index in [2.05, 4.69) is 0 Å². The Hall–Kier alpha value is -1.60. The molecule has 1 aromatic carbocycles. The lowest BCUT2D eigenvalue weighted by atomic mass is 10.3. The molecule has 1 amide bonds. The summed E-state index contributed by atoms with van der Waals surface area (Å²) >= 11 is 0. The zero-order valence-electron chi connectivity index (χ0n) is 8.62. The average Bonchev–Trinajstić information content (AvgIpc) is 2.28. The van der Waals surface area contributed by atoms with Crippen molar-refractivity contribution >= 4 is 21.6 Å². The van der Waals surface area contributed by atoms with E-state index >= 15 is 0 Å². The maximum atomic E-state index is 11.7. The van der Waals surface area contributed by atoms with E-state index in [1.165, 1.54) is 12.5 Å². The zero-order chi connectivity index (χ0) is 12.2. The predicted molar refractivity (Wildman–Crippen MR) is 58.6 cm³/mol. The molecule has 0 radical (unpaired) electrons. The van der Waals surface area contributed by atoms with Gasteiger partial charge in [0.1, 0.15) is 0 Å². The lowest BCUT2D eigenvalue weighted by Gasteiger charge is -2.18. The molecule has 0 saturated heterocycles. The molecular formula is C9H12N2O4S. The third-order valence-electron chi connectivity index (χ3n) is 1.98. The average molecular weight is 244 g/mol. The summed E-state index contributed by atoms with van der Waals surface area (Å²) < 4.78 is 24.3. The summed E-state index contributed by atoms with van der Waals surface area (Å²) in [4.78, 5) is 10.8. The Balaban J connectivity index is 2.89. The van der Waals surface area contributed by atoms with Crippen molar-refractivity contribution in [3.05, 3.63) is 30.3 Å². The van der Waals surface area contributed by atoms with Gasteiger partial charge in [0.25, 0.3) is 5.91 Å². The van der Waals surface area contributed by atoms with Crippen LogP contribution in [0, 0.1) is 0 Å². The molecule has 0 heterocycles. The molecular weight excluding hydrogens is 232 g/mol. The highest BCUT2D eigenvalue weighted by molar-refractivity contribution is 7.93. The molecule has 0 aromatic heterocycles. The second-order valence-corrected chi connectivity index (χ2v) is 5.09. The fourth-order valence-electron chi connectivity index (χ4n) is 1.09. The number of amides is 1. The molecule has 0 spiro atoms. The standard InChI is InChI=1S/C9H12N2O4S/c1-11(8-5-3-2-4-6-8)16(14,15)7-9(12)10-13/h2-6,13H,7H2,1H3,(H,10,12). The van der Waals surface area contributed by atoms with Crippen molar-refractivity contribution in [2.24, 2.45) is 0 Å². The van der Waals surface area contributed by atoms with Crippen LogP contribution in [-0.4, -0.2) is 32.3 Å². The first-order valence-corrected chi connectivity index (χ1v) is 6.03. The van der Waals surface area contributed by atoms with E-state index in [-0.39, 0.29) is 0 Å². The number of hydrogen-bond acceptors (Lipinski definition) is 4. The highest BCUT2D eigenvalue weighted by atomic mass is 32.2. The van der Waals surface area contributed by atoms with E-state index in [9.17, 15) is 13.2 Å². The minimum Gasteiger partial charge on any atom is -0.289 e. The minimum atomic E-state index is -3.76. The summed E-state index contributed by atoms with van der Waals surface area (Å²) in [6.07, 6.45) is 0. The van der Waals surface area contributed by atoms with E-state index < -0.39 is 21.7 Å². The van der Waals surface area contributed by atoms with Gasteiger partial charge in [-0.1, -0.05) is 18.2 Å². The molecule has 88 valence electrons. The number of rotatable bonds is 4. The number of para-hydroxylation sites is 1. The molecule has 1 rings (SSSR count). The molecule has 0 aliphatic rings. The van der Waals surface area contributed by atoms with Gasteiger partial charge in [-0.25, -0.2) is 13.9 Å². The van der Waals surface area contributed by atoms with Crippen molar-refractivity contribution in [3.8, 4) is 0 Å². The van der Waals surface area contributed by atoms with Gasteiger partial charge in [0, 0.05) is 7.05 Å². The maximum absolute atomic E-state index is 11.7. The lowest BCUT2D eigenvalue weighted by molar-refractivity contribution is -0.126. The van der Waals surface area contributed by atoms with E-state index in [0.717, 1.165) is 4.31 Å². The molecule has 0 fully saturated rings. The van der Waals surface area contributed by atoms with Crippen molar-refractivity contribution in [2.45, 2.75) is 0 Å². The van der Waals surface area contributed by atoms with E-state index in [1.54, 1.807) is 30.3 Å². The molecule has 0 bridgehead atoms. The van der Waals surface area contributed by atoms with Gasteiger partial charge in [-0.2, -0.15) is 0 Å². The third kappa shape index (κ3) is 2.94. The first-order valence-electron chi connectivity index (χ1n) is 4.42. The van der Waals surface area contributed by atoms with Gasteiger partial charge in [-0.3, -0.25) is 14.3 Å². The zero-order valence-corrected chi connectivity index (χ0v) is 9.44. The molecule has 6 nitrogen and oxygen atoms in total. The second-order valence-electron chi connectivity index (χ2n) is 3.09. The third-order valence-corrected chi connectivity index (χ3v) is 3.65. The Bertz CT molecular complexity index is 458. The van der Waals surface area contributed by atoms with Crippen LogP contribution in [0.25, 0.3) is 0 Å². The molecule has 0 saturated carbocycles. The summed E-state index contributed by atoms with van der Waals surface area (Å²) in [7, 11) is -2.42. The fraction of sp³-hybridized carbons (Fsp3) is 0.222. The van der Waals surface area contributed by atoms with Crippen LogP contribution in [0.2, 0.25) is 0 Å². The number of hydroxylamine groups is 1. The highest BCUT2D eigenvalue weighted by Crippen LogP contribution is 2.14. The van der Waals surface area contributed by atoms with Crippen LogP contribution in [-0.2, 0) is 14.8 Å². The Morgan fingerprint density at radius 1 is 1.38 bits per heavy atom. The Morgan fingerprint density at radius 2 is 1.94 bits per heavy atom. The molecule has 16 heavy (non-hydrogen) atoms. The maximum Gasteiger partial charge on any atom is 0.260 e. The van der Waals surface area contributed by atoms with Crippen LogP contribution in [0.1, 0.15) is 0 Å². The van der Waals surface area contributed by atoms with Crippen LogP contribution in [0.4, 0.5) is 5.69 Å².